The summed E-state index contributed by atoms with van der Waals surface area (Å²) in [5.74, 6) is 0. The van der Waals surface area contributed by atoms with E-state index in [2.05, 4.69) is 41.2 Å². The maximum Gasteiger partial charge on any atom is 0.317 e. The fourth-order valence-electron chi connectivity index (χ4n) is 2.88. The molecule has 4 heteroatoms. The number of aryl methyl sites for hydroxylation is 1. The number of hydrogen-bond acceptors (Lipinski definition) is 3. The molecule has 138 valence electrons. The van der Waals surface area contributed by atoms with Crippen LogP contribution >= 0.6 is 11.6 Å². The predicted octanol–water partition coefficient (Wildman–Crippen LogP) is 6.35. The van der Waals surface area contributed by atoms with Gasteiger partial charge in [0.05, 0.1) is 11.4 Å². The summed E-state index contributed by atoms with van der Waals surface area (Å²) >= 11 is 6.24. The van der Waals surface area contributed by atoms with Crippen LogP contribution in [0, 0.1) is 6.92 Å². The summed E-state index contributed by atoms with van der Waals surface area (Å²) < 4.78 is 5.91. The molecule has 0 saturated heterocycles. The van der Waals surface area contributed by atoms with E-state index in [1.807, 2.05) is 60.7 Å². The lowest BCUT2D eigenvalue weighted by Crippen LogP contribution is -2.02. The Morgan fingerprint density at radius 3 is 2.04 bits per heavy atom. The molecule has 4 rings (SSSR count). The Kier molecular flexibility index (Phi) is 5.36. The second kappa shape index (κ2) is 8.24. The van der Waals surface area contributed by atoms with Crippen LogP contribution in [-0.2, 0) is 6.61 Å². The van der Waals surface area contributed by atoms with Crippen LogP contribution < -0.4 is 4.74 Å². The average molecular weight is 387 g/mol. The van der Waals surface area contributed by atoms with Crippen molar-refractivity contribution in [1.29, 1.82) is 0 Å². The maximum absolute atomic E-state index is 6.24. The first-order chi connectivity index (χ1) is 13.7. The van der Waals surface area contributed by atoms with E-state index in [-0.39, 0.29) is 0 Å². The molecule has 0 fully saturated rings. The Morgan fingerprint density at radius 2 is 1.36 bits per heavy atom. The van der Waals surface area contributed by atoms with Gasteiger partial charge in [-0.2, -0.15) is 9.97 Å². The summed E-state index contributed by atoms with van der Waals surface area (Å²) in [6, 6.07) is 28.2. The van der Waals surface area contributed by atoms with Crippen LogP contribution in [0.1, 0.15) is 11.1 Å². The molecular formula is C24H19ClN2O. The van der Waals surface area contributed by atoms with E-state index in [0.717, 1.165) is 28.1 Å². The SMILES string of the molecule is Cc1ccc(-c2cc(-c3ccccc3)nc(OCc3ccccc3Cl)n2)cc1. The van der Waals surface area contributed by atoms with Crippen molar-refractivity contribution in [1.82, 2.24) is 9.97 Å². The van der Waals surface area contributed by atoms with Crippen LogP contribution in [0.5, 0.6) is 6.01 Å². The van der Waals surface area contributed by atoms with Crippen molar-refractivity contribution in [3.63, 3.8) is 0 Å². The lowest BCUT2D eigenvalue weighted by atomic mass is 10.1. The number of rotatable bonds is 5. The van der Waals surface area contributed by atoms with Gasteiger partial charge < -0.3 is 4.74 Å². The van der Waals surface area contributed by atoms with Crippen LogP contribution in [0.3, 0.4) is 0 Å². The second-order valence-electron chi connectivity index (χ2n) is 6.53. The minimum Gasteiger partial charge on any atom is -0.459 e. The minimum atomic E-state index is 0.311. The number of halogens is 1. The lowest BCUT2D eigenvalue weighted by Gasteiger charge is -2.11. The van der Waals surface area contributed by atoms with Crippen molar-refractivity contribution >= 4 is 11.6 Å². The molecule has 1 heterocycles. The van der Waals surface area contributed by atoms with Crippen LogP contribution in [-0.4, -0.2) is 9.97 Å². The van der Waals surface area contributed by atoms with Gasteiger partial charge in [-0.3, -0.25) is 0 Å². The Bertz CT molecular complexity index is 1080. The first kappa shape index (κ1) is 18.2. The molecular weight excluding hydrogens is 368 g/mol. The van der Waals surface area contributed by atoms with E-state index < -0.39 is 0 Å². The van der Waals surface area contributed by atoms with E-state index in [1.165, 1.54) is 5.56 Å². The molecule has 0 aliphatic rings. The van der Waals surface area contributed by atoms with Gasteiger partial charge in [0.25, 0.3) is 0 Å². The van der Waals surface area contributed by atoms with Crippen molar-refractivity contribution in [3.05, 3.63) is 101 Å². The van der Waals surface area contributed by atoms with Crippen molar-refractivity contribution in [2.24, 2.45) is 0 Å². The first-order valence-electron chi connectivity index (χ1n) is 9.07. The number of nitrogens with zero attached hydrogens (tertiary/aromatic N) is 2. The molecule has 0 bridgehead atoms. The van der Waals surface area contributed by atoms with Crippen LogP contribution in [0.25, 0.3) is 22.5 Å². The number of benzene rings is 3. The predicted molar refractivity (Wildman–Crippen MR) is 113 cm³/mol. The molecule has 3 nitrogen and oxygen atoms in total. The first-order valence-corrected chi connectivity index (χ1v) is 9.44. The largest absolute Gasteiger partial charge is 0.459 e. The summed E-state index contributed by atoms with van der Waals surface area (Å²) in [4.78, 5) is 9.24. The zero-order valence-electron chi connectivity index (χ0n) is 15.5. The number of hydrogen-bond donors (Lipinski definition) is 0. The third-order valence-electron chi connectivity index (χ3n) is 4.44. The van der Waals surface area contributed by atoms with E-state index in [1.54, 1.807) is 0 Å². The third kappa shape index (κ3) is 4.21. The van der Waals surface area contributed by atoms with Gasteiger partial charge >= 0.3 is 6.01 Å². The fraction of sp³-hybridized carbons (Fsp3) is 0.0833. The van der Waals surface area contributed by atoms with Gasteiger partial charge in [0, 0.05) is 21.7 Å². The minimum absolute atomic E-state index is 0.311. The molecule has 0 amide bonds. The standard InChI is InChI=1S/C24H19ClN2O/c1-17-11-13-19(14-12-17)23-15-22(18-7-3-2-4-8-18)26-24(27-23)28-16-20-9-5-6-10-21(20)25/h2-15H,16H2,1H3. The molecule has 1 aromatic heterocycles. The molecule has 0 saturated carbocycles. The van der Waals surface area contributed by atoms with Gasteiger partial charge in [-0.25, -0.2) is 0 Å². The Hall–Kier alpha value is -3.17. The van der Waals surface area contributed by atoms with Gasteiger partial charge in [0.2, 0.25) is 0 Å². The summed E-state index contributed by atoms with van der Waals surface area (Å²) in [5.41, 5.74) is 5.78. The van der Waals surface area contributed by atoms with Crippen LogP contribution in [0.4, 0.5) is 0 Å². The molecule has 0 aliphatic carbocycles. The average Bonchev–Trinajstić information content (AvgIpc) is 2.74. The zero-order valence-corrected chi connectivity index (χ0v) is 16.2. The molecule has 4 aromatic rings. The van der Waals surface area contributed by atoms with Crippen molar-refractivity contribution in [3.8, 4) is 28.5 Å². The van der Waals surface area contributed by atoms with Gasteiger partial charge in [0.15, 0.2) is 0 Å². The molecule has 28 heavy (non-hydrogen) atoms. The van der Waals surface area contributed by atoms with E-state index >= 15 is 0 Å². The lowest BCUT2D eigenvalue weighted by molar-refractivity contribution is 0.281. The van der Waals surface area contributed by atoms with Gasteiger partial charge in [0.1, 0.15) is 6.61 Å². The molecule has 0 spiro atoms. The topological polar surface area (TPSA) is 35.0 Å². The van der Waals surface area contributed by atoms with Gasteiger partial charge in [-0.15, -0.1) is 0 Å². The van der Waals surface area contributed by atoms with Gasteiger partial charge in [-0.1, -0.05) is 90.0 Å². The quantitative estimate of drug-likeness (QED) is 0.400. The van der Waals surface area contributed by atoms with Crippen LogP contribution in [0.15, 0.2) is 84.9 Å². The molecule has 3 aromatic carbocycles. The molecule has 0 aliphatic heterocycles. The van der Waals surface area contributed by atoms with Crippen molar-refractivity contribution in [2.75, 3.05) is 0 Å². The summed E-state index contributed by atoms with van der Waals surface area (Å²) in [6.45, 7) is 2.38. The molecule has 0 N–H and O–H groups in total. The molecule has 0 radical (unpaired) electrons. The molecule has 0 atom stereocenters. The Balaban J connectivity index is 1.71. The zero-order chi connectivity index (χ0) is 19.3. The summed E-state index contributed by atoms with van der Waals surface area (Å²) in [6.07, 6.45) is 0. The third-order valence-corrected chi connectivity index (χ3v) is 4.81. The Labute approximate surface area is 169 Å². The highest BCUT2D eigenvalue weighted by Gasteiger charge is 2.10. The smallest absolute Gasteiger partial charge is 0.317 e. The van der Waals surface area contributed by atoms with Gasteiger partial charge in [-0.05, 0) is 19.1 Å². The van der Waals surface area contributed by atoms with E-state index in [0.29, 0.717) is 17.6 Å². The second-order valence-corrected chi connectivity index (χ2v) is 6.94. The summed E-state index contributed by atoms with van der Waals surface area (Å²) in [7, 11) is 0. The molecule has 0 unspecified atom stereocenters. The van der Waals surface area contributed by atoms with Crippen molar-refractivity contribution in [2.45, 2.75) is 13.5 Å². The highest BCUT2D eigenvalue weighted by atomic mass is 35.5. The highest BCUT2D eigenvalue weighted by molar-refractivity contribution is 6.31. The summed E-state index contributed by atoms with van der Waals surface area (Å²) in [5, 5.41) is 0.667. The normalized spacial score (nSPS) is 10.6. The highest BCUT2D eigenvalue weighted by Crippen LogP contribution is 2.27. The van der Waals surface area contributed by atoms with Crippen molar-refractivity contribution < 1.29 is 4.74 Å². The van der Waals surface area contributed by atoms with E-state index in [4.69, 9.17) is 16.3 Å². The van der Waals surface area contributed by atoms with Crippen LogP contribution in [0.2, 0.25) is 5.02 Å². The number of ether oxygens (including phenoxy) is 1. The number of aromatic nitrogens is 2. The fourth-order valence-corrected chi connectivity index (χ4v) is 3.07. The Morgan fingerprint density at radius 1 is 0.750 bits per heavy atom. The van der Waals surface area contributed by atoms with E-state index in [9.17, 15) is 0 Å². The monoisotopic (exact) mass is 386 g/mol. The maximum atomic E-state index is 6.24.